The summed E-state index contributed by atoms with van der Waals surface area (Å²) in [4.78, 5) is 14.7. The summed E-state index contributed by atoms with van der Waals surface area (Å²) in [5, 5.41) is 44.6. The molecule has 0 spiro atoms. The zero-order valence-electron chi connectivity index (χ0n) is 26.3. The summed E-state index contributed by atoms with van der Waals surface area (Å²) in [6.07, 6.45) is 12.8. The van der Waals surface area contributed by atoms with Crippen molar-refractivity contribution in [3.8, 4) is 0 Å². The molecule has 5 rings (SSSR count). The van der Waals surface area contributed by atoms with Gasteiger partial charge in [0.2, 0.25) is 0 Å². The summed E-state index contributed by atoms with van der Waals surface area (Å²) >= 11 is 0. The van der Waals surface area contributed by atoms with Crippen LogP contribution in [0.2, 0.25) is 0 Å². The first-order valence-electron chi connectivity index (χ1n) is 16.6. The number of carbonyl (C=O) groups is 1. The van der Waals surface area contributed by atoms with Crippen LogP contribution < -0.4 is 0 Å². The molecule has 5 aliphatic rings. The lowest BCUT2D eigenvalue weighted by Crippen LogP contribution is -2.69. The predicted octanol–water partition coefficient (Wildman–Crippen LogP) is 6.21. The van der Waals surface area contributed by atoms with Gasteiger partial charge < -0.3 is 20.4 Å². The molecule has 0 aromatic heterocycles. The average Bonchev–Trinajstić information content (AvgIpc) is 2.90. The molecule has 40 heavy (non-hydrogen) atoms. The highest BCUT2D eigenvalue weighted by atomic mass is 16.3. The molecule has 0 saturated heterocycles. The van der Waals surface area contributed by atoms with Crippen molar-refractivity contribution in [2.45, 2.75) is 137 Å². The van der Waals surface area contributed by atoms with Gasteiger partial charge in [0.25, 0.3) is 0 Å². The number of hydrogen-bond donors (Lipinski definition) is 4. The van der Waals surface area contributed by atoms with E-state index in [1.165, 1.54) is 12.0 Å². The summed E-state index contributed by atoms with van der Waals surface area (Å²) in [6, 6.07) is 0. The molecule has 10 atom stereocenters. The average molecular weight is 559 g/mol. The van der Waals surface area contributed by atoms with Crippen LogP contribution >= 0.6 is 0 Å². The van der Waals surface area contributed by atoms with Crippen molar-refractivity contribution in [1.29, 1.82) is 0 Å². The van der Waals surface area contributed by atoms with Gasteiger partial charge in [-0.3, -0.25) is 4.79 Å². The molecule has 0 amide bonds. The number of carbonyl (C=O) groups excluding carboxylic acids is 1. The van der Waals surface area contributed by atoms with Crippen molar-refractivity contribution >= 4 is 5.78 Å². The van der Waals surface area contributed by atoms with Gasteiger partial charge in [-0.25, -0.2) is 0 Å². The third-order valence-corrected chi connectivity index (χ3v) is 14.3. The largest absolute Gasteiger partial charge is 0.396 e. The van der Waals surface area contributed by atoms with Gasteiger partial charge in [-0.2, -0.15) is 0 Å². The second kappa shape index (κ2) is 10.2. The maximum absolute atomic E-state index is 14.7. The smallest absolute Gasteiger partial charge is 0.159 e. The molecule has 5 nitrogen and oxygen atoms in total. The summed E-state index contributed by atoms with van der Waals surface area (Å²) in [5.41, 5.74) is -0.799. The third kappa shape index (κ3) is 4.03. The van der Waals surface area contributed by atoms with Gasteiger partial charge in [-0.05, 0) is 97.4 Å². The van der Waals surface area contributed by atoms with Crippen molar-refractivity contribution in [3.63, 3.8) is 0 Å². The van der Waals surface area contributed by atoms with Crippen LogP contribution in [0.1, 0.15) is 125 Å². The quantitative estimate of drug-likeness (QED) is 0.278. The summed E-state index contributed by atoms with van der Waals surface area (Å²) in [7, 11) is 0. The Labute approximate surface area is 243 Å². The Kier molecular flexibility index (Phi) is 7.80. The number of fused-ring (bicyclic) bond motifs is 7. The number of hydrogen-bond acceptors (Lipinski definition) is 5. The topological polar surface area (TPSA) is 98.0 Å². The van der Waals surface area contributed by atoms with Gasteiger partial charge in [0.15, 0.2) is 5.78 Å². The van der Waals surface area contributed by atoms with Crippen molar-refractivity contribution < 1.29 is 25.2 Å². The van der Waals surface area contributed by atoms with E-state index in [0.717, 1.165) is 64.2 Å². The van der Waals surface area contributed by atoms with E-state index in [0.29, 0.717) is 12.8 Å². The molecule has 5 heteroatoms. The first-order valence-corrected chi connectivity index (χ1v) is 16.6. The predicted molar refractivity (Wildman–Crippen MR) is 158 cm³/mol. The fourth-order valence-electron chi connectivity index (χ4n) is 11.6. The Morgan fingerprint density at radius 2 is 1.55 bits per heavy atom. The van der Waals surface area contributed by atoms with Gasteiger partial charge in [0, 0.05) is 16.7 Å². The summed E-state index contributed by atoms with van der Waals surface area (Å²) in [6.45, 7) is 13.5. The molecular formula is C35H58O5. The first kappa shape index (κ1) is 30.7. The first-order chi connectivity index (χ1) is 18.7. The molecule has 0 bridgehead atoms. The fraction of sp³-hybridized carbons (Fsp3) is 0.914. The van der Waals surface area contributed by atoms with E-state index in [1.807, 2.05) is 6.08 Å². The minimum absolute atomic E-state index is 0.00541. The SMILES string of the molecule is CCCCCCC12CCC(O)C(C)(CO)C1CCC1(C)C2C(=O)C=C2C3CC(C)(C)CCC3(CO)C(O)CC21C. The Hall–Kier alpha value is -0.750. The van der Waals surface area contributed by atoms with Gasteiger partial charge >= 0.3 is 0 Å². The van der Waals surface area contributed by atoms with E-state index in [9.17, 15) is 25.2 Å². The highest BCUT2D eigenvalue weighted by Gasteiger charge is 2.72. The molecular weight excluding hydrogens is 500 g/mol. The number of rotatable bonds is 7. The van der Waals surface area contributed by atoms with Gasteiger partial charge in [0.05, 0.1) is 25.4 Å². The monoisotopic (exact) mass is 558 g/mol. The standard InChI is InChI=1S/C35H58O5/c1-7-8-9-10-13-34-15-12-27(39)31(4,21-36)26(34)11-14-32(5)29(34)25(38)18-23-24-19-30(2,3)16-17-35(24,22-37)28(40)20-33(23,32)6/h18,24,26-29,36-37,39-40H,7-17,19-22H2,1-6H3. The normalized spacial score (nSPS) is 49.8. The van der Waals surface area contributed by atoms with Crippen molar-refractivity contribution in [1.82, 2.24) is 0 Å². The lowest BCUT2D eigenvalue weighted by Gasteiger charge is -2.72. The lowest BCUT2D eigenvalue weighted by atomic mass is 9.32. The molecule has 10 unspecified atom stereocenters. The lowest BCUT2D eigenvalue weighted by molar-refractivity contribution is -0.230. The Bertz CT molecular complexity index is 1020. The molecule has 0 heterocycles. The zero-order valence-corrected chi connectivity index (χ0v) is 26.3. The van der Waals surface area contributed by atoms with E-state index in [-0.39, 0.29) is 58.4 Å². The van der Waals surface area contributed by atoms with Crippen LogP contribution in [0, 0.1) is 50.2 Å². The van der Waals surface area contributed by atoms with Gasteiger partial charge in [-0.15, -0.1) is 0 Å². The maximum Gasteiger partial charge on any atom is 0.159 e. The van der Waals surface area contributed by atoms with Crippen molar-refractivity contribution in [3.05, 3.63) is 11.6 Å². The molecule has 4 saturated carbocycles. The van der Waals surface area contributed by atoms with E-state index in [1.54, 1.807) is 0 Å². The third-order valence-electron chi connectivity index (χ3n) is 14.3. The molecule has 5 aliphatic carbocycles. The second-order valence-corrected chi connectivity index (χ2v) is 16.6. The second-order valence-electron chi connectivity index (χ2n) is 16.6. The van der Waals surface area contributed by atoms with Gasteiger partial charge in [-0.1, -0.05) is 72.8 Å². The maximum atomic E-state index is 14.7. The Balaban J connectivity index is 1.66. The number of aliphatic hydroxyl groups excluding tert-OH is 4. The molecule has 0 aromatic rings. The van der Waals surface area contributed by atoms with Crippen LogP contribution in [-0.2, 0) is 4.79 Å². The molecule has 228 valence electrons. The highest BCUT2D eigenvalue weighted by molar-refractivity contribution is 5.95. The fourth-order valence-corrected chi connectivity index (χ4v) is 11.6. The number of aliphatic hydroxyl groups is 4. The summed E-state index contributed by atoms with van der Waals surface area (Å²) in [5.74, 6) is 0.150. The van der Waals surface area contributed by atoms with Gasteiger partial charge in [0.1, 0.15) is 0 Å². The number of unbranched alkanes of at least 4 members (excludes halogenated alkanes) is 3. The molecule has 4 fully saturated rings. The Morgan fingerprint density at radius 1 is 0.825 bits per heavy atom. The molecule has 4 N–H and O–H groups in total. The van der Waals surface area contributed by atoms with Crippen LogP contribution in [-0.4, -0.2) is 51.6 Å². The zero-order chi connectivity index (χ0) is 29.4. The van der Waals surface area contributed by atoms with Crippen molar-refractivity contribution in [2.24, 2.45) is 50.2 Å². The highest BCUT2D eigenvalue weighted by Crippen LogP contribution is 2.76. The molecule has 0 radical (unpaired) electrons. The van der Waals surface area contributed by atoms with Crippen LogP contribution in [0.25, 0.3) is 0 Å². The molecule has 0 aromatic carbocycles. The van der Waals surface area contributed by atoms with Crippen LogP contribution in [0.4, 0.5) is 0 Å². The van der Waals surface area contributed by atoms with E-state index >= 15 is 0 Å². The van der Waals surface area contributed by atoms with Crippen LogP contribution in [0.15, 0.2) is 11.6 Å². The number of allylic oxidation sites excluding steroid dienone is 2. The minimum atomic E-state index is -0.610. The summed E-state index contributed by atoms with van der Waals surface area (Å²) < 4.78 is 0. The van der Waals surface area contributed by atoms with E-state index in [2.05, 4.69) is 41.5 Å². The minimum Gasteiger partial charge on any atom is -0.396 e. The van der Waals surface area contributed by atoms with Crippen molar-refractivity contribution in [2.75, 3.05) is 13.2 Å². The number of ketones is 1. The van der Waals surface area contributed by atoms with Crippen LogP contribution in [0.5, 0.6) is 0 Å². The van der Waals surface area contributed by atoms with E-state index in [4.69, 9.17) is 0 Å². The van der Waals surface area contributed by atoms with Crippen LogP contribution in [0.3, 0.4) is 0 Å². The van der Waals surface area contributed by atoms with E-state index < -0.39 is 23.0 Å². The molecule has 0 aliphatic heterocycles. The Morgan fingerprint density at radius 3 is 2.20 bits per heavy atom.